The van der Waals surface area contributed by atoms with E-state index in [2.05, 4.69) is 59.2 Å². The molecule has 2 aromatic carbocycles. The molecule has 2 aliphatic carbocycles. The third kappa shape index (κ3) is 4.25. The fourth-order valence-electron chi connectivity index (χ4n) is 8.07. The Morgan fingerprint density at radius 2 is 1.93 bits per heavy atom. The Balaban J connectivity index is 1.23. The molecule has 0 spiro atoms. The lowest BCUT2D eigenvalue weighted by atomic mass is 9.85. The number of piperidine rings is 1. The first-order valence-corrected chi connectivity index (χ1v) is 16.3. The van der Waals surface area contributed by atoms with Crippen LogP contribution >= 0.6 is 11.3 Å². The van der Waals surface area contributed by atoms with Gasteiger partial charge in [-0.05, 0) is 79.3 Å². The molecule has 5 unspecified atom stereocenters. The second-order valence-electron chi connectivity index (χ2n) is 13.2. The summed E-state index contributed by atoms with van der Waals surface area (Å²) in [5.41, 5.74) is 4.27. The first-order chi connectivity index (χ1) is 21.2. The molecule has 4 aliphatic rings. The van der Waals surface area contributed by atoms with Gasteiger partial charge in [0.1, 0.15) is 23.3 Å². The van der Waals surface area contributed by atoms with E-state index in [1.807, 2.05) is 18.2 Å². The molecule has 8 rings (SSSR count). The molecule has 226 valence electrons. The Hall–Kier alpha value is -4.18. The third-order valence-corrected chi connectivity index (χ3v) is 11.1. The van der Waals surface area contributed by atoms with Crippen LogP contribution in [0, 0.1) is 17.8 Å². The number of carbonyl (C=O) groups is 3. The number of benzene rings is 2. The predicted octanol–water partition coefficient (Wildman–Crippen LogP) is 5.78. The van der Waals surface area contributed by atoms with Crippen molar-refractivity contribution in [3.8, 4) is 17.0 Å². The number of aromatic nitrogens is 2. The molecule has 2 N–H and O–H groups in total. The number of thiazole rings is 1. The van der Waals surface area contributed by atoms with Crippen molar-refractivity contribution >= 4 is 50.1 Å². The number of methoxy groups -OCH3 is 1. The van der Waals surface area contributed by atoms with Crippen LogP contribution < -0.4 is 15.4 Å². The van der Waals surface area contributed by atoms with Crippen molar-refractivity contribution in [2.75, 3.05) is 12.4 Å². The van der Waals surface area contributed by atoms with Gasteiger partial charge >= 0.3 is 0 Å². The highest BCUT2D eigenvalue weighted by atomic mass is 32.1. The van der Waals surface area contributed by atoms with Crippen molar-refractivity contribution in [1.29, 1.82) is 0 Å². The number of allylic oxidation sites excluding steroid dienone is 2. The van der Waals surface area contributed by atoms with Crippen LogP contribution in [0.2, 0.25) is 0 Å². The second kappa shape index (κ2) is 9.92. The number of carbonyl (C=O) groups excluding carboxylic acids is 3. The van der Waals surface area contributed by atoms with Crippen molar-refractivity contribution in [3.05, 3.63) is 59.7 Å². The molecule has 4 aromatic rings. The van der Waals surface area contributed by atoms with Gasteiger partial charge in [-0.2, -0.15) is 0 Å². The number of hydrogen-bond donors (Lipinski definition) is 2. The normalized spacial score (nSPS) is 28.1. The van der Waals surface area contributed by atoms with E-state index in [-0.39, 0.29) is 23.8 Å². The molecule has 2 fully saturated rings. The van der Waals surface area contributed by atoms with E-state index in [0.717, 1.165) is 62.8 Å². The number of anilines is 1. The number of nitrogens with one attached hydrogen (secondary N) is 2. The molecule has 2 aliphatic heterocycles. The van der Waals surface area contributed by atoms with E-state index in [9.17, 15) is 14.4 Å². The molecule has 10 heteroatoms. The molecule has 5 atom stereocenters. The van der Waals surface area contributed by atoms with E-state index < -0.39 is 11.9 Å². The van der Waals surface area contributed by atoms with Gasteiger partial charge in [0.05, 0.1) is 17.3 Å². The molecule has 3 amide bonds. The smallest absolute Gasteiger partial charge is 0.255 e. The highest BCUT2D eigenvalue weighted by molar-refractivity contribution is 7.23. The summed E-state index contributed by atoms with van der Waals surface area (Å²) < 4.78 is 8.87. The Kier molecular flexibility index (Phi) is 6.17. The number of fused-ring (bicyclic) bond motifs is 6. The van der Waals surface area contributed by atoms with Crippen LogP contribution in [0.25, 0.3) is 26.4 Å². The third-order valence-electron chi connectivity index (χ3n) is 10.1. The number of imide groups is 1. The van der Waals surface area contributed by atoms with Gasteiger partial charge in [-0.3, -0.25) is 24.1 Å². The van der Waals surface area contributed by atoms with Gasteiger partial charge in [-0.15, -0.1) is 0 Å². The maximum atomic E-state index is 13.4. The van der Waals surface area contributed by atoms with Crippen molar-refractivity contribution in [3.63, 3.8) is 0 Å². The van der Waals surface area contributed by atoms with Gasteiger partial charge in [-0.25, -0.2) is 4.98 Å². The minimum Gasteiger partial charge on any atom is -0.497 e. The Morgan fingerprint density at radius 1 is 1.07 bits per heavy atom. The largest absolute Gasteiger partial charge is 0.497 e. The van der Waals surface area contributed by atoms with Crippen molar-refractivity contribution in [1.82, 2.24) is 19.6 Å². The zero-order valence-electron chi connectivity index (χ0n) is 25.1. The number of rotatable bonds is 5. The zero-order valence-corrected chi connectivity index (χ0v) is 25.9. The van der Waals surface area contributed by atoms with Crippen molar-refractivity contribution < 1.29 is 19.1 Å². The minimum absolute atomic E-state index is 0.0618. The number of imidazole rings is 1. The SMILES string of the molecule is COc1ccc2c(c1)sc1nc(-c3ccc4c(c3)CN(C3CCC(=O)NC3=O)C4=O)c(NC34CC(C)C=CC(C3)C(C)C4)n12. The fraction of sp³-hybridized carbons (Fsp3) is 0.412. The quantitative estimate of drug-likeness (QED) is 0.220. The van der Waals surface area contributed by atoms with Crippen LogP contribution in [-0.4, -0.2) is 50.7 Å². The molecule has 1 saturated heterocycles. The van der Waals surface area contributed by atoms with E-state index in [4.69, 9.17) is 9.72 Å². The lowest BCUT2D eigenvalue weighted by Crippen LogP contribution is -2.52. The molecule has 9 nitrogen and oxygen atoms in total. The molecular formula is C34H35N5O4S. The number of nitrogens with zero attached hydrogens (tertiary/aromatic N) is 3. The molecule has 2 aromatic heterocycles. The summed E-state index contributed by atoms with van der Waals surface area (Å²) in [5, 5.41) is 6.49. The summed E-state index contributed by atoms with van der Waals surface area (Å²) in [4.78, 5) is 45.4. The van der Waals surface area contributed by atoms with Crippen LogP contribution in [0.15, 0.2) is 48.6 Å². The summed E-state index contributed by atoms with van der Waals surface area (Å²) in [5.74, 6) is 2.54. The van der Waals surface area contributed by atoms with E-state index in [1.165, 1.54) is 0 Å². The first kappa shape index (κ1) is 27.4. The van der Waals surface area contributed by atoms with Crippen LogP contribution in [0.4, 0.5) is 5.82 Å². The Labute approximate surface area is 259 Å². The molecule has 44 heavy (non-hydrogen) atoms. The summed E-state index contributed by atoms with van der Waals surface area (Å²) in [6.45, 7) is 4.99. The average Bonchev–Trinajstić information content (AvgIpc) is 3.68. The lowest BCUT2D eigenvalue weighted by Gasteiger charge is -2.33. The van der Waals surface area contributed by atoms with E-state index in [0.29, 0.717) is 36.3 Å². The van der Waals surface area contributed by atoms with Gasteiger partial charge in [0.15, 0.2) is 4.96 Å². The molecular weight excluding hydrogens is 574 g/mol. The van der Waals surface area contributed by atoms with Gasteiger partial charge in [0, 0.05) is 29.6 Å². The molecule has 2 bridgehead atoms. The number of ether oxygens (including phenoxy) is 1. The number of hydrogen-bond acceptors (Lipinski definition) is 7. The van der Waals surface area contributed by atoms with E-state index in [1.54, 1.807) is 23.3 Å². The van der Waals surface area contributed by atoms with Crippen LogP contribution in [0.5, 0.6) is 5.75 Å². The second-order valence-corrected chi connectivity index (χ2v) is 14.2. The summed E-state index contributed by atoms with van der Waals surface area (Å²) in [6.07, 6.45) is 8.61. The van der Waals surface area contributed by atoms with Gasteiger partial charge in [0.2, 0.25) is 11.8 Å². The average molecular weight is 610 g/mol. The van der Waals surface area contributed by atoms with Crippen LogP contribution in [-0.2, 0) is 16.1 Å². The lowest BCUT2D eigenvalue weighted by molar-refractivity contribution is -0.136. The maximum absolute atomic E-state index is 13.4. The summed E-state index contributed by atoms with van der Waals surface area (Å²) in [7, 11) is 1.68. The Morgan fingerprint density at radius 3 is 2.75 bits per heavy atom. The van der Waals surface area contributed by atoms with Crippen LogP contribution in [0.3, 0.4) is 0 Å². The monoisotopic (exact) mass is 609 g/mol. The highest BCUT2D eigenvalue weighted by Gasteiger charge is 2.46. The topological polar surface area (TPSA) is 105 Å². The molecule has 1 saturated carbocycles. The minimum atomic E-state index is -0.642. The van der Waals surface area contributed by atoms with Crippen molar-refractivity contribution in [2.24, 2.45) is 17.8 Å². The highest BCUT2D eigenvalue weighted by Crippen LogP contribution is 2.49. The number of amides is 3. The Bertz CT molecular complexity index is 1900. The standard InChI is InChI=1S/C34H35N5O4S/c1-18-4-5-21-16-34(14-18,15-19(21)2)37-30-29(36-33-39(30)25-9-7-23(43-3)13-27(25)44-33)20-6-8-24-22(12-20)17-38(32(24)42)26-10-11-28(40)35-31(26)41/h4-9,12-13,18-19,21,26,37H,10-11,14-17H2,1-3H3,(H,35,40,41). The zero-order chi connectivity index (χ0) is 30.3. The molecule has 0 radical (unpaired) electrons. The van der Waals surface area contributed by atoms with Crippen LogP contribution in [0.1, 0.15) is 61.9 Å². The van der Waals surface area contributed by atoms with Gasteiger partial charge in [-0.1, -0.05) is 43.4 Å². The fourth-order valence-corrected chi connectivity index (χ4v) is 9.12. The van der Waals surface area contributed by atoms with E-state index >= 15 is 0 Å². The first-order valence-electron chi connectivity index (χ1n) is 15.5. The predicted molar refractivity (Wildman–Crippen MR) is 170 cm³/mol. The van der Waals surface area contributed by atoms with Crippen molar-refractivity contribution in [2.45, 2.75) is 64.1 Å². The maximum Gasteiger partial charge on any atom is 0.255 e. The van der Waals surface area contributed by atoms with Gasteiger partial charge < -0.3 is 15.0 Å². The van der Waals surface area contributed by atoms with Gasteiger partial charge in [0.25, 0.3) is 5.91 Å². The molecule has 4 heterocycles. The summed E-state index contributed by atoms with van der Waals surface area (Å²) >= 11 is 1.64. The summed E-state index contributed by atoms with van der Waals surface area (Å²) in [6, 6.07) is 11.4.